The Morgan fingerprint density at radius 1 is 1.55 bits per heavy atom. The first kappa shape index (κ1) is 16.8. The second kappa shape index (κ2) is 7.54. The van der Waals surface area contributed by atoms with Crippen LogP contribution in [0, 0.1) is 0 Å². The van der Waals surface area contributed by atoms with Gasteiger partial charge in [-0.3, -0.25) is 9.10 Å². The van der Waals surface area contributed by atoms with Crippen molar-refractivity contribution in [3.8, 4) is 0 Å². The van der Waals surface area contributed by atoms with E-state index in [9.17, 15) is 13.2 Å². The van der Waals surface area contributed by atoms with Gasteiger partial charge >= 0.3 is 0 Å². The van der Waals surface area contributed by atoms with Crippen LogP contribution in [-0.2, 0) is 15.7 Å². The number of carbonyl (C=O) groups is 1. The first-order valence-corrected chi connectivity index (χ1v) is 8.27. The topological polar surface area (TPSA) is 66.5 Å². The van der Waals surface area contributed by atoms with Crippen LogP contribution in [0.1, 0.15) is 20.8 Å². The third kappa shape index (κ3) is 3.89. The Morgan fingerprint density at radius 3 is 2.65 bits per heavy atom. The highest BCUT2D eigenvalue weighted by Crippen LogP contribution is 2.39. The fourth-order valence-corrected chi connectivity index (χ4v) is 4.35. The molecule has 1 fully saturated rings. The lowest BCUT2D eigenvalue weighted by molar-refractivity contribution is -0.118. The maximum Gasteiger partial charge on any atom is 0.225 e. The van der Waals surface area contributed by atoms with Crippen LogP contribution in [0.3, 0.4) is 0 Å². The lowest BCUT2D eigenvalue weighted by Gasteiger charge is -2.39. The number of nitrogens with zero attached hydrogens (tertiary/aromatic N) is 1. The fraction of sp³-hybridized carbons (Fsp3) is 0.462. The second-order valence-electron chi connectivity index (χ2n) is 4.36. The first-order chi connectivity index (χ1) is 9.42. The predicted octanol–water partition coefficient (Wildman–Crippen LogP) is 1.43. The molecule has 0 radical (unpaired) electrons. The van der Waals surface area contributed by atoms with Crippen LogP contribution in [0.4, 0.5) is 0 Å². The maximum absolute atomic E-state index is 11.5. The van der Waals surface area contributed by atoms with Crippen molar-refractivity contribution in [3.05, 3.63) is 35.4 Å². The quantitative estimate of drug-likeness (QED) is 0.770. The Labute approximate surface area is 125 Å². The van der Waals surface area contributed by atoms with Gasteiger partial charge < -0.3 is 5.32 Å². The molecule has 1 aliphatic heterocycles. The number of hydrogen-bond donors (Lipinski definition) is 2. The standard InChI is InChI=1S/C13H20N2O3S2/c1-5-7-12-11(6-2)15(20(17)18)9(3)13(19-12)8-14-10(4)16/h5-7,9,13,20H,1,8H2,2-4H3,(H,14,16)/b11-6+,12-7+/t9-,13+/m1/s1. The van der Waals surface area contributed by atoms with Gasteiger partial charge in [0.1, 0.15) is 0 Å². The monoisotopic (exact) mass is 316 g/mol. The molecule has 0 unspecified atom stereocenters. The molecule has 1 N–H and O–H groups in total. The third-order valence-electron chi connectivity index (χ3n) is 2.97. The number of hydrogen-bond acceptors (Lipinski definition) is 4. The molecule has 0 aromatic rings. The van der Waals surface area contributed by atoms with Crippen molar-refractivity contribution in [2.75, 3.05) is 6.54 Å². The van der Waals surface area contributed by atoms with E-state index in [-0.39, 0.29) is 17.2 Å². The minimum Gasteiger partial charge on any atom is -0.355 e. The van der Waals surface area contributed by atoms with Gasteiger partial charge in [0, 0.05) is 23.6 Å². The van der Waals surface area contributed by atoms with E-state index in [1.165, 1.54) is 11.2 Å². The second-order valence-corrected chi connectivity index (χ2v) is 6.54. The highest BCUT2D eigenvalue weighted by atomic mass is 32.2. The lowest BCUT2D eigenvalue weighted by Crippen LogP contribution is -2.47. The van der Waals surface area contributed by atoms with Crippen molar-refractivity contribution in [1.29, 1.82) is 0 Å². The average molecular weight is 316 g/mol. The fourth-order valence-electron chi connectivity index (χ4n) is 2.01. The Kier molecular flexibility index (Phi) is 6.35. The van der Waals surface area contributed by atoms with E-state index in [2.05, 4.69) is 11.9 Å². The average Bonchev–Trinajstić information content (AvgIpc) is 2.37. The van der Waals surface area contributed by atoms with Crippen LogP contribution < -0.4 is 5.32 Å². The molecule has 1 rings (SSSR count). The number of carbonyl (C=O) groups excluding carboxylic acids is 1. The molecule has 0 spiro atoms. The van der Waals surface area contributed by atoms with Crippen molar-refractivity contribution < 1.29 is 13.2 Å². The number of thioether (sulfide) groups is 1. The number of thiol groups is 1. The van der Waals surface area contributed by atoms with Gasteiger partial charge in [-0.25, -0.2) is 8.42 Å². The van der Waals surface area contributed by atoms with Crippen LogP contribution in [-0.4, -0.2) is 36.5 Å². The molecule has 1 heterocycles. The van der Waals surface area contributed by atoms with E-state index in [4.69, 9.17) is 0 Å². The summed E-state index contributed by atoms with van der Waals surface area (Å²) in [7, 11) is -2.73. The summed E-state index contributed by atoms with van der Waals surface area (Å²) in [5.41, 5.74) is 0.664. The zero-order chi connectivity index (χ0) is 15.3. The summed E-state index contributed by atoms with van der Waals surface area (Å²) in [6.07, 6.45) is 5.20. The van der Waals surface area contributed by atoms with Crippen molar-refractivity contribution >= 4 is 28.6 Å². The summed E-state index contributed by atoms with van der Waals surface area (Å²) in [6, 6.07) is -0.221. The van der Waals surface area contributed by atoms with Crippen molar-refractivity contribution in [1.82, 2.24) is 9.62 Å². The molecular weight excluding hydrogens is 296 g/mol. The molecule has 5 nitrogen and oxygen atoms in total. The smallest absolute Gasteiger partial charge is 0.225 e. The Bertz CT molecular complexity index is 516. The molecule has 1 aliphatic rings. The molecule has 20 heavy (non-hydrogen) atoms. The molecular formula is C13H20N2O3S2. The third-order valence-corrected chi connectivity index (χ3v) is 5.37. The summed E-state index contributed by atoms with van der Waals surface area (Å²) in [5, 5.41) is 2.70. The normalized spacial score (nSPS) is 27.1. The minimum atomic E-state index is -2.73. The van der Waals surface area contributed by atoms with Crippen LogP contribution in [0.2, 0.25) is 0 Å². The highest BCUT2D eigenvalue weighted by Gasteiger charge is 2.35. The van der Waals surface area contributed by atoms with Crippen LogP contribution in [0.15, 0.2) is 35.4 Å². The summed E-state index contributed by atoms with van der Waals surface area (Å²) in [6.45, 7) is 9.18. The van der Waals surface area contributed by atoms with Gasteiger partial charge in [-0.1, -0.05) is 18.7 Å². The van der Waals surface area contributed by atoms with Gasteiger partial charge in [0.15, 0.2) is 0 Å². The molecule has 1 saturated heterocycles. The van der Waals surface area contributed by atoms with Gasteiger partial charge in [-0.05, 0) is 19.9 Å². The molecule has 0 saturated carbocycles. The molecule has 0 bridgehead atoms. The molecule has 0 aromatic carbocycles. The van der Waals surface area contributed by atoms with Gasteiger partial charge in [-0.2, -0.15) is 0 Å². The number of allylic oxidation sites excluding steroid dienone is 3. The Morgan fingerprint density at radius 2 is 2.20 bits per heavy atom. The van der Waals surface area contributed by atoms with E-state index in [1.54, 1.807) is 36.9 Å². The zero-order valence-electron chi connectivity index (χ0n) is 11.8. The van der Waals surface area contributed by atoms with Gasteiger partial charge in [0.25, 0.3) is 0 Å². The number of nitrogens with one attached hydrogen (secondary N) is 1. The van der Waals surface area contributed by atoms with E-state index in [1.807, 2.05) is 6.92 Å². The van der Waals surface area contributed by atoms with Gasteiger partial charge in [0.2, 0.25) is 16.8 Å². The van der Waals surface area contributed by atoms with E-state index >= 15 is 0 Å². The van der Waals surface area contributed by atoms with E-state index < -0.39 is 10.9 Å². The SMILES string of the molecule is C=C/C=C1/S[C@@H](CNC(C)=O)[C@@H](C)N([SH](=O)=O)/C1=C/C. The lowest BCUT2D eigenvalue weighted by atomic mass is 10.2. The molecule has 1 amide bonds. The van der Waals surface area contributed by atoms with Crippen molar-refractivity contribution in [3.63, 3.8) is 0 Å². The van der Waals surface area contributed by atoms with Crippen molar-refractivity contribution in [2.24, 2.45) is 0 Å². The molecule has 0 aromatic heterocycles. The molecule has 2 atom stereocenters. The minimum absolute atomic E-state index is 0.0401. The molecule has 112 valence electrons. The molecule has 7 heteroatoms. The highest BCUT2D eigenvalue weighted by molar-refractivity contribution is 8.04. The Balaban J connectivity index is 3.11. The van der Waals surface area contributed by atoms with Crippen molar-refractivity contribution in [2.45, 2.75) is 32.1 Å². The van der Waals surface area contributed by atoms with E-state index in [0.29, 0.717) is 12.2 Å². The van der Waals surface area contributed by atoms with Gasteiger partial charge in [0.05, 0.1) is 11.7 Å². The van der Waals surface area contributed by atoms with Crippen LogP contribution in [0.5, 0.6) is 0 Å². The summed E-state index contributed by atoms with van der Waals surface area (Å²) >= 11 is 1.56. The zero-order valence-corrected chi connectivity index (χ0v) is 13.5. The van der Waals surface area contributed by atoms with Crippen LogP contribution >= 0.6 is 11.8 Å². The summed E-state index contributed by atoms with van der Waals surface area (Å²) < 4.78 is 24.5. The number of rotatable bonds is 4. The Hall–Kier alpha value is -1.21. The predicted molar refractivity (Wildman–Crippen MR) is 83.7 cm³/mol. The van der Waals surface area contributed by atoms with Crippen LogP contribution in [0.25, 0.3) is 0 Å². The maximum atomic E-state index is 11.5. The number of amides is 1. The first-order valence-electron chi connectivity index (χ1n) is 6.26. The summed E-state index contributed by atoms with van der Waals surface area (Å²) in [5.74, 6) is -0.123. The molecule has 0 aliphatic carbocycles. The largest absolute Gasteiger partial charge is 0.355 e. The van der Waals surface area contributed by atoms with E-state index in [0.717, 1.165) is 4.91 Å². The summed E-state index contributed by atoms with van der Waals surface area (Å²) in [4.78, 5) is 11.9. The van der Waals surface area contributed by atoms with Gasteiger partial charge in [-0.15, -0.1) is 11.8 Å².